The zero-order chi connectivity index (χ0) is 14.0. The van der Waals surface area contributed by atoms with Crippen LogP contribution in [0.15, 0.2) is 32.7 Å². The molecule has 2 rings (SSSR count). The number of hydrogen-bond acceptors (Lipinski definition) is 5. The second-order valence-corrected chi connectivity index (χ2v) is 3.96. The lowest BCUT2D eigenvalue weighted by atomic mass is 10.3. The first-order chi connectivity index (χ1) is 9.06. The standard InChI is InChI=1S/C10H11N5O4/c1-5-3-15(10(18)12-9(5)17)8-2-6(13-14-11)7(4-16)19-8/h2-3,7-8,16H,4H2,1H3,(H,12,17,18). The molecule has 0 spiro atoms. The van der Waals surface area contributed by atoms with E-state index in [9.17, 15) is 9.59 Å². The van der Waals surface area contributed by atoms with Crippen LogP contribution in [0.4, 0.5) is 0 Å². The van der Waals surface area contributed by atoms with Crippen molar-refractivity contribution in [3.63, 3.8) is 0 Å². The van der Waals surface area contributed by atoms with Gasteiger partial charge in [-0.15, -0.1) is 0 Å². The van der Waals surface area contributed by atoms with E-state index >= 15 is 0 Å². The van der Waals surface area contributed by atoms with E-state index in [1.54, 1.807) is 6.92 Å². The van der Waals surface area contributed by atoms with Gasteiger partial charge in [0.05, 0.1) is 6.61 Å². The molecule has 1 aliphatic rings. The van der Waals surface area contributed by atoms with E-state index in [1.165, 1.54) is 12.3 Å². The van der Waals surface area contributed by atoms with Gasteiger partial charge in [-0.05, 0) is 18.5 Å². The van der Waals surface area contributed by atoms with Crippen molar-refractivity contribution in [2.45, 2.75) is 19.3 Å². The van der Waals surface area contributed by atoms with Crippen molar-refractivity contribution in [1.82, 2.24) is 9.55 Å². The summed E-state index contributed by atoms with van der Waals surface area (Å²) in [5, 5.41) is 12.5. The smallest absolute Gasteiger partial charge is 0.330 e. The lowest BCUT2D eigenvalue weighted by molar-refractivity contribution is -0.0143. The number of nitrogens with zero attached hydrogens (tertiary/aromatic N) is 4. The van der Waals surface area contributed by atoms with E-state index in [1.807, 2.05) is 0 Å². The van der Waals surface area contributed by atoms with Crippen LogP contribution in [0.5, 0.6) is 0 Å². The first-order valence-corrected chi connectivity index (χ1v) is 5.42. The molecule has 0 amide bonds. The topological polar surface area (TPSA) is 133 Å². The molecule has 1 aromatic heterocycles. The number of nitrogens with one attached hydrogen (secondary N) is 1. The zero-order valence-corrected chi connectivity index (χ0v) is 9.98. The van der Waals surface area contributed by atoms with E-state index in [4.69, 9.17) is 15.4 Å². The van der Waals surface area contributed by atoms with Gasteiger partial charge in [0.1, 0.15) is 6.10 Å². The second-order valence-electron chi connectivity index (χ2n) is 3.96. The van der Waals surface area contributed by atoms with Gasteiger partial charge in [0.15, 0.2) is 6.23 Å². The quantitative estimate of drug-likeness (QED) is 0.449. The molecule has 0 bridgehead atoms. The minimum absolute atomic E-state index is 0.200. The molecule has 0 aromatic carbocycles. The second kappa shape index (κ2) is 5.11. The molecule has 2 N–H and O–H groups in total. The SMILES string of the molecule is Cc1cn(C2C=C(N=[N+]=[N-])C(CO)O2)c(=O)[nH]c1=O. The van der Waals surface area contributed by atoms with Crippen LogP contribution < -0.4 is 11.2 Å². The number of azide groups is 1. The highest BCUT2D eigenvalue weighted by Crippen LogP contribution is 2.26. The van der Waals surface area contributed by atoms with Crippen LogP contribution in [0.25, 0.3) is 10.4 Å². The molecule has 2 atom stereocenters. The van der Waals surface area contributed by atoms with Gasteiger partial charge in [0.2, 0.25) is 0 Å². The summed E-state index contributed by atoms with van der Waals surface area (Å²) in [5.74, 6) is 0. The van der Waals surface area contributed by atoms with Crippen LogP contribution in [0, 0.1) is 6.92 Å². The highest BCUT2D eigenvalue weighted by Gasteiger charge is 2.27. The van der Waals surface area contributed by atoms with Gasteiger partial charge in [0.25, 0.3) is 5.56 Å². The Balaban J connectivity index is 2.45. The molecule has 1 aromatic rings. The fraction of sp³-hybridized carbons (Fsp3) is 0.400. The number of hydrogen-bond donors (Lipinski definition) is 2. The number of aromatic nitrogens is 2. The van der Waals surface area contributed by atoms with E-state index in [-0.39, 0.29) is 12.3 Å². The summed E-state index contributed by atoms with van der Waals surface area (Å²) in [6.07, 6.45) is 1.14. The normalized spacial score (nSPS) is 21.9. The lowest BCUT2D eigenvalue weighted by Gasteiger charge is -2.15. The highest BCUT2D eigenvalue weighted by molar-refractivity contribution is 5.15. The Hall–Kier alpha value is -2.35. The van der Waals surface area contributed by atoms with Crippen LogP contribution in [-0.4, -0.2) is 27.4 Å². The fourth-order valence-corrected chi connectivity index (χ4v) is 1.74. The third-order valence-electron chi connectivity index (χ3n) is 2.69. The minimum atomic E-state index is -0.833. The molecule has 1 aliphatic heterocycles. The van der Waals surface area contributed by atoms with Crippen molar-refractivity contribution in [3.05, 3.63) is 54.8 Å². The summed E-state index contributed by atoms with van der Waals surface area (Å²) in [7, 11) is 0. The average molecular weight is 265 g/mol. The summed E-state index contributed by atoms with van der Waals surface area (Å²) in [6, 6.07) is 0. The molecular weight excluding hydrogens is 254 g/mol. The minimum Gasteiger partial charge on any atom is -0.393 e. The Morgan fingerprint density at radius 3 is 3.00 bits per heavy atom. The van der Waals surface area contributed by atoms with Crippen LogP contribution >= 0.6 is 0 Å². The van der Waals surface area contributed by atoms with Gasteiger partial charge < -0.3 is 9.84 Å². The number of ether oxygens (including phenoxy) is 1. The Morgan fingerprint density at radius 2 is 2.37 bits per heavy atom. The molecular formula is C10H11N5O4. The summed E-state index contributed by atoms with van der Waals surface area (Å²) >= 11 is 0. The van der Waals surface area contributed by atoms with Crippen LogP contribution in [0.3, 0.4) is 0 Å². The number of aryl methyl sites for hydroxylation is 1. The van der Waals surface area contributed by atoms with E-state index < -0.39 is 23.6 Å². The van der Waals surface area contributed by atoms with Crippen LogP contribution in [0.2, 0.25) is 0 Å². The third kappa shape index (κ3) is 2.43. The summed E-state index contributed by atoms with van der Waals surface area (Å²) < 4.78 is 6.52. The van der Waals surface area contributed by atoms with Crippen molar-refractivity contribution in [2.75, 3.05) is 6.61 Å². The molecule has 0 aliphatic carbocycles. The highest BCUT2D eigenvalue weighted by atomic mass is 16.5. The predicted octanol–water partition coefficient (Wildman–Crippen LogP) is -0.0711. The lowest BCUT2D eigenvalue weighted by Crippen LogP contribution is -2.33. The van der Waals surface area contributed by atoms with Crippen LogP contribution in [-0.2, 0) is 4.74 Å². The van der Waals surface area contributed by atoms with Crippen molar-refractivity contribution in [3.8, 4) is 0 Å². The van der Waals surface area contributed by atoms with Gasteiger partial charge >= 0.3 is 5.69 Å². The summed E-state index contributed by atoms with van der Waals surface area (Å²) in [6.45, 7) is 1.17. The van der Waals surface area contributed by atoms with E-state index in [0.717, 1.165) is 4.57 Å². The molecule has 19 heavy (non-hydrogen) atoms. The largest absolute Gasteiger partial charge is 0.393 e. The monoisotopic (exact) mass is 265 g/mol. The number of aliphatic hydroxyl groups is 1. The van der Waals surface area contributed by atoms with Gasteiger partial charge in [-0.25, -0.2) is 4.79 Å². The third-order valence-corrected chi connectivity index (χ3v) is 2.69. The first-order valence-electron chi connectivity index (χ1n) is 5.42. The van der Waals surface area contributed by atoms with Crippen LogP contribution in [0.1, 0.15) is 11.8 Å². The summed E-state index contributed by atoms with van der Waals surface area (Å²) in [4.78, 5) is 27.7. The molecule has 100 valence electrons. The Kier molecular flexibility index (Phi) is 3.52. The Bertz CT molecular complexity index is 682. The maximum absolute atomic E-state index is 11.7. The molecule has 0 radical (unpaired) electrons. The number of aromatic amines is 1. The number of aliphatic hydroxyl groups excluding tert-OH is 1. The number of rotatable bonds is 3. The number of H-pyrrole nitrogens is 1. The van der Waals surface area contributed by atoms with Crippen molar-refractivity contribution in [2.24, 2.45) is 5.11 Å². The Labute approximate surface area is 106 Å². The molecule has 0 saturated carbocycles. The van der Waals surface area contributed by atoms with Gasteiger partial charge in [0, 0.05) is 22.4 Å². The first kappa shape index (κ1) is 13.1. The maximum Gasteiger partial charge on any atom is 0.330 e. The maximum atomic E-state index is 11.7. The van der Waals surface area contributed by atoms with Gasteiger partial charge in [-0.3, -0.25) is 14.3 Å². The van der Waals surface area contributed by atoms with E-state index in [2.05, 4.69) is 15.0 Å². The van der Waals surface area contributed by atoms with Crippen molar-refractivity contribution < 1.29 is 9.84 Å². The van der Waals surface area contributed by atoms with E-state index in [0.29, 0.717) is 5.56 Å². The van der Waals surface area contributed by atoms with Gasteiger partial charge in [-0.2, -0.15) is 0 Å². The predicted molar refractivity (Wildman–Crippen MR) is 64.3 cm³/mol. The molecule has 0 fully saturated rings. The molecule has 0 saturated heterocycles. The molecule has 9 heteroatoms. The fourth-order valence-electron chi connectivity index (χ4n) is 1.74. The average Bonchev–Trinajstić information content (AvgIpc) is 2.77. The molecule has 2 heterocycles. The zero-order valence-electron chi connectivity index (χ0n) is 9.98. The van der Waals surface area contributed by atoms with Crippen molar-refractivity contribution in [1.29, 1.82) is 0 Å². The van der Waals surface area contributed by atoms with Gasteiger partial charge in [-0.1, -0.05) is 5.11 Å². The molecule has 2 unspecified atom stereocenters. The molecule has 9 nitrogen and oxygen atoms in total. The Morgan fingerprint density at radius 1 is 1.63 bits per heavy atom. The van der Waals surface area contributed by atoms with Crippen molar-refractivity contribution >= 4 is 0 Å². The summed E-state index contributed by atoms with van der Waals surface area (Å²) in [5.41, 5.74) is 7.82.